The van der Waals surface area contributed by atoms with Crippen molar-refractivity contribution in [2.45, 2.75) is 47.5 Å². The fraction of sp³-hybridized carbons (Fsp3) is 1.00. The molecular weight excluding hydrogens is 236 g/mol. The van der Waals surface area contributed by atoms with E-state index in [9.17, 15) is 0 Å². The van der Waals surface area contributed by atoms with E-state index in [4.69, 9.17) is 4.74 Å². The van der Waals surface area contributed by atoms with Gasteiger partial charge in [0.15, 0.2) is 0 Å². The molecular formula is C16H36N2O. The summed E-state index contributed by atoms with van der Waals surface area (Å²) in [7, 11) is 1.79. The van der Waals surface area contributed by atoms with E-state index in [1.54, 1.807) is 7.11 Å². The molecule has 2 heterocycles. The highest BCUT2D eigenvalue weighted by Crippen LogP contribution is 2.38. The fourth-order valence-corrected chi connectivity index (χ4v) is 3.11. The van der Waals surface area contributed by atoms with Crippen LogP contribution in [0.15, 0.2) is 0 Å². The lowest BCUT2D eigenvalue weighted by atomic mass is 9.73. The molecule has 0 saturated carbocycles. The highest BCUT2D eigenvalue weighted by Gasteiger charge is 2.44. The first-order chi connectivity index (χ1) is 9.28. The van der Waals surface area contributed by atoms with E-state index in [0.29, 0.717) is 5.41 Å². The lowest BCUT2D eigenvalue weighted by molar-refractivity contribution is -0.0548. The van der Waals surface area contributed by atoms with E-state index in [-0.39, 0.29) is 0 Å². The first kappa shape index (κ1) is 18.9. The quantitative estimate of drug-likeness (QED) is 0.782. The Morgan fingerprint density at radius 2 is 1.58 bits per heavy atom. The first-order valence-electron chi connectivity index (χ1n) is 8.22. The summed E-state index contributed by atoms with van der Waals surface area (Å²) >= 11 is 0. The van der Waals surface area contributed by atoms with E-state index in [2.05, 4.69) is 16.7 Å². The summed E-state index contributed by atoms with van der Waals surface area (Å²) in [6, 6.07) is 0. The SMILES string of the molecule is CC.CC.CCN1CC2(CCCN(CCOC)C2)C1. The molecule has 0 atom stereocenters. The summed E-state index contributed by atoms with van der Waals surface area (Å²) in [5, 5.41) is 0. The van der Waals surface area contributed by atoms with Gasteiger partial charge in [0, 0.05) is 38.7 Å². The van der Waals surface area contributed by atoms with Crippen LogP contribution in [0.2, 0.25) is 0 Å². The lowest BCUT2D eigenvalue weighted by Crippen LogP contribution is -2.62. The summed E-state index contributed by atoms with van der Waals surface area (Å²) in [6.07, 6.45) is 2.81. The second-order valence-electron chi connectivity index (χ2n) is 5.18. The molecule has 0 unspecified atom stereocenters. The van der Waals surface area contributed by atoms with Crippen LogP contribution in [0.1, 0.15) is 47.5 Å². The number of likely N-dealkylation sites (tertiary alicyclic amines) is 2. The maximum Gasteiger partial charge on any atom is 0.0589 e. The van der Waals surface area contributed by atoms with Gasteiger partial charge in [-0.1, -0.05) is 34.6 Å². The van der Waals surface area contributed by atoms with Crippen LogP contribution in [-0.2, 0) is 4.74 Å². The first-order valence-corrected chi connectivity index (χ1v) is 8.22. The van der Waals surface area contributed by atoms with Crippen LogP contribution in [0.3, 0.4) is 0 Å². The van der Waals surface area contributed by atoms with Crippen molar-refractivity contribution in [3.63, 3.8) is 0 Å². The van der Waals surface area contributed by atoms with Crippen molar-refractivity contribution in [1.82, 2.24) is 9.80 Å². The molecule has 0 radical (unpaired) electrons. The number of methoxy groups -OCH3 is 1. The average Bonchev–Trinajstić information content (AvgIpc) is 2.47. The molecule has 0 N–H and O–H groups in total. The molecule has 116 valence electrons. The lowest BCUT2D eigenvalue weighted by Gasteiger charge is -2.54. The minimum Gasteiger partial charge on any atom is -0.383 e. The van der Waals surface area contributed by atoms with Crippen LogP contribution in [0.25, 0.3) is 0 Å². The zero-order chi connectivity index (χ0) is 14.7. The Kier molecular flexibility index (Phi) is 10.6. The molecule has 2 rings (SSSR count). The van der Waals surface area contributed by atoms with Crippen LogP contribution in [0.4, 0.5) is 0 Å². The van der Waals surface area contributed by atoms with E-state index >= 15 is 0 Å². The van der Waals surface area contributed by atoms with Crippen LogP contribution < -0.4 is 0 Å². The second-order valence-corrected chi connectivity index (χ2v) is 5.18. The van der Waals surface area contributed by atoms with Crippen LogP contribution in [-0.4, -0.2) is 62.8 Å². The Hall–Kier alpha value is -0.120. The Labute approximate surface area is 121 Å². The Bertz CT molecular complexity index is 203. The van der Waals surface area contributed by atoms with Crippen LogP contribution in [0.5, 0.6) is 0 Å². The van der Waals surface area contributed by atoms with Gasteiger partial charge in [0.05, 0.1) is 6.61 Å². The molecule has 2 fully saturated rings. The van der Waals surface area contributed by atoms with Gasteiger partial charge in [0.1, 0.15) is 0 Å². The van der Waals surface area contributed by atoms with Crippen molar-refractivity contribution in [3.8, 4) is 0 Å². The molecule has 0 aromatic carbocycles. The molecule has 2 aliphatic heterocycles. The van der Waals surface area contributed by atoms with E-state index in [1.165, 1.54) is 45.6 Å². The molecule has 0 aliphatic carbocycles. The van der Waals surface area contributed by atoms with E-state index in [0.717, 1.165) is 13.2 Å². The topological polar surface area (TPSA) is 15.7 Å². The second kappa shape index (κ2) is 10.6. The maximum atomic E-state index is 5.15. The number of nitrogens with zero attached hydrogens (tertiary/aromatic N) is 2. The van der Waals surface area contributed by atoms with Crippen molar-refractivity contribution >= 4 is 0 Å². The minimum atomic E-state index is 0.641. The van der Waals surface area contributed by atoms with Gasteiger partial charge in [-0.15, -0.1) is 0 Å². The van der Waals surface area contributed by atoms with Crippen LogP contribution >= 0.6 is 0 Å². The number of hydrogen-bond donors (Lipinski definition) is 0. The highest BCUT2D eigenvalue weighted by molar-refractivity contribution is 4.98. The molecule has 3 nitrogen and oxygen atoms in total. The predicted octanol–water partition coefficient (Wildman–Crippen LogP) is 3.10. The van der Waals surface area contributed by atoms with Gasteiger partial charge in [0.25, 0.3) is 0 Å². The maximum absolute atomic E-state index is 5.15. The van der Waals surface area contributed by atoms with Crippen molar-refractivity contribution in [2.75, 3.05) is 53.0 Å². The van der Waals surface area contributed by atoms with Gasteiger partial charge in [-0.25, -0.2) is 0 Å². The summed E-state index contributed by atoms with van der Waals surface area (Å²) in [6.45, 7) is 18.7. The Balaban J connectivity index is 0.000000741. The molecule has 2 saturated heterocycles. The van der Waals surface area contributed by atoms with Gasteiger partial charge >= 0.3 is 0 Å². The third-order valence-corrected chi connectivity index (χ3v) is 3.92. The average molecular weight is 272 g/mol. The van der Waals surface area contributed by atoms with Crippen LogP contribution in [0, 0.1) is 5.41 Å². The number of ether oxygens (including phenoxy) is 1. The Morgan fingerprint density at radius 1 is 1.00 bits per heavy atom. The predicted molar refractivity (Wildman–Crippen MR) is 84.8 cm³/mol. The zero-order valence-corrected chi connectivity index (χ0v) is 14.2. The normalized spacial score (nSPS) is 21.8. The van der Waals surface area contributed by atoms with Crippen molar-refractivity contribution in [3.05, 3.63) is 0 Å². The molecule has 19 heavy (non-hydrogen) atoms. The Morgan fingerprint density at radius 3 is 2.11 bits per heavy atom. The van der Waals surface area contributed by atoms with Crippen molar-refractivity contribution in [1.29, 1.82) is 0 Å². The summed E-state index contributed by atoms with van der Waals surface area (Å²) in [5.41, 5.74) is 0.641. The molecule has 0 aromatic heterocycles. The smallest absolute Gasteiger partial charge is 0.0589 e. The summed E-state index contributed by atoms with van der Waals surface area (Å²) < 4.78 is 5.15. The van der Waals surface area contributed by atoms with Gasteiger partial charge in [-0.05, 0) is 25.9 Å². The minimum absolute atomic E-state index is 0.641. The molecule has 0 aromatic rings. The largest absolute Gasteiger partial charge is 0.383 e. The van der Waals surface area contributed by atoms with Crippen molar-refractivity contribution in [2.24, 2.45) is 5.41 Å². The summed E-state index contributed by atoms with van der Waals surface area (Å²) in [4.78, 5) is 5.14. The third-order valence-electron chi connectivity index (χ3n) is 3.92. The highest BCUT2D eigenvalue weighted by atomic mass is 16.5. The molecule has 1 spiro atoms. The van der Waals surface area contributed by atoms with Gasteiger partial charge in [-0.3, -0.25) is 0 Å². The monoisotopic (exact) mass is 272 g/mol. The van der Waals surface area contributed by atoms with E-state index < -0.39 is 0 Å². The number of piperidine rings is 1. The number of hydrogen-bond acceptors (Lipinski definition) is 3. The zero-order valence-electron chi connectivity index (χ0n) is 14.2. The van der Waals surface area contributed by atoms with Crippen molar-refractivity contribution < 1.29 is 4.74 Å². The molecule has 0 amide bonds. The van der Waals surface area contributed by atoms with Gasteiger partial charge in [0.2, 0.25) is 0 Å². The molecule has 3 heteroatoms. The standard InChI is InChI=1S/C12H24N2O.2C2H6/c1-3-13-9-12(10-13)5-4-6-14(11-12)7-8-15-2;2*1-2/h3-11H2,1-2H3;2*1-2H3. The van der Waals surface area contributed by atoms with Gasteiger partial charge < -0.3 is 14.5 Å². The molecule has 0 bridgehead atoms. The third kappa shape index (κ3) is 5.80. The number of rotatable bonds is 4. The summed E-state index contributed by atoms with van der Waals surface area (Å²) in [5.74, 6) is 0. The fourth-order valence-electron chi connectivity index (χ4n) is 3.11. The van der Waals surface area contributed by atoms with Gasteiger partial charge in [-0.2, -0.15) is 0 Å². The van der Waals surface area contributed by atoms with E-state index in [1.807, 2.05) is 27.7 Å². The molecule has 2 aliphatic rings.